The number of aliphatic hydroxyl groups excluding tert-OH is 1. The molecule has 3 aromatic heterocycles. The molecule has 0 bridgehead atoms. The molecule has 1 amide bonds. The minimum absolute atomic E-state index is 0.0456. The number of aryl methyl sites for hydroxylation is 1. The van der Waals surface area contributed by atoms with Gasteiger partial charge in [0.25, 0.3) is 5.91 Å². The maximum atomic E-state index is 12.8. The number of β-amino-alcohol motifs (C(OH)–C–C–N with tert-alkyl or cyclic N) is 1. The van der Waals surface area contributed by atoms with Gasteiger partial charge in [-0.2, -0.15) is 5.10 Å². The monoisotopic (exact) mass is 367 g/mol. The van der Waals surface area contributed by atoms with Gasteiger partial charge >= 0.3 is 0 Å². The zero-order valence-electron chi connectivity index (χ0n) is 15.2. The lowest BCUT2D eigenvalue weighted by Gasteiger charge is -2.14. The molecule has 0 radical (unpaired) electrons. The summed E-state index contributed by atoms with van der Waals surface area (Å²) < 4.78 is 7.09. The molecule has 0 aliphatic carbocycles. The molecule has 8 nitrogen and oxygen atoms in total. The Morgan fingerprint density at radius 2 is 2.22 bits per heavy atom. The molecule has 4 rings (SSSR count). The minimum atomic E-state index is -0.581. The van der Waals surface area contributed by atoms with Gasteiger partial charge in [-0.05, 0) is 25.5 Å². The highest BCUT2D eigenvalue weighted by Gasteiger charge is 2.35. The highest BCUT2D eigenvalue weighted by atomic mass is 16.5. The summed E-state index contributed by atoms with van der Waals surface area (Å²) in [6.45, 7) is 2.67. The Balaban J connectivity index is 1.47. The number of aliphatic hydroxyl groups is 1. The van der Waals surface area contributed by atoms with Crippen LogP contribution >= 0.6 is 0 Å². The Morgan fingerprint density at radius 3 is 2.93 bits per heavy atom. The molecule has 140 valence electrons. The molecule has 2 atom stereocenters. The maximum absolute atomic E-state index is 12.8. The number of carbonyl (C=O) groups is 1. The topological polar surface area (TPSA) is 97.3 Å². The summed E-state index contributed by atoms with van der Waals surface area (Å²) in [5.41, 5.74) is 2.88. The first-order valence-corrected chi connectivity index (χ1v) is 8.86. The van der Waals surface area contributed by atoms with Crippen LogP contribution in [0.4, 0.5) is 0 Å². The van der Waals surface area contributed by atoms with Crippen molar-refractivity contribution in [2.24, 2.45) is 13.0 Å². The number of aromatic nitrogens is 4. The van der Waals surface area contributed by atoms with Crippen molar-refractivity contribution in [3.8, 4) is 11.3 Å². The fourth-order valence-corrected chi connectivity index (χ4v) is 3.41. The van der Waals surface area contributed by atoms with Crippen molar-refractivity contribution in [1.29, 1.82) is 0 Å². The number of likely N-dealkylation sites (tertiary alicyclic amines) is 1. The van der Waals surface area contributed by atoms with E-state index in [-0.39, 0.29) is 24.1 Å². The molecule has 8 heteroatoms. The Bertz CT molecular complexity index is 949. The molecule has 1 saturated heterocycles. The van der Waals surface area contributed by atoms with Crippen LogP contribution in [0.3, 0.4) is 0 Å². The van der Waals surface area contributed by atoms with E-state index in [1.165, 1.54) is 0 Å². The van der Waals surface area contributed by atoms with Gasteiger partial charge in [-0.15, -0.1) is 0 Å². The van der Waals surface area contributed by atoms with Crippen LogP contribution in [0.15, 0.2) is 41.2 Å². The smallest absolute Gasteiger partial charge is 0.276 e. The third kappa shape index (κ3) is 3.35. The Kier molecular flexibility index (Phi) is 4.49. The first kappa shape index (κ1) is 17.4. The quantitative estimate of drug-likeness (QED) is 0.750. The van der Waals surface area contributed by atoms with Gasteiger partial charge in [-0.1, -0.05) is 11.2 Å². The molecule has 0 spiro atoms. The van der Waals surface area contributed by atoms with E-state index in [0.29, 0.717) is 18.7 Å². The van der Waals surface area contributed by atoms with Crippen LogP contribution in [0.5, 0.6) is 0 Å². The third-order valence-electron chi connectivity index (χ3n) is 5.12. The number of carbonyl (C=O) groups excluding carboxylic acids is 1. The van der Waals surface area contributed by atoms with Crippen molar-refractivity contribution in [1.82, 2.24) is 24.8 Å². The second-order valence-corrected chi connectivity index (χ2v) is 6.91. The van der Waals surface area contributed by atoms with E-state index in [4.69, 9.17) is 4.52 Å². The molecule has 1 aliphatic heterocycles. The molecular weight excluding hydrogens is 346 g/mol. The number of rotatable bonds is 4. The molecule has 0 aromatic carbocycles. The van der Waals surface area contributed by atoms with E-state index in [2.05, 4.69) is 15.2 Å². The minimum Gasteiger partial charge on any atom is -0.391 e. The molecule has 0 saturated carbocycles. The van der Waals surface area contributed by atoms with Crippen LogP contribution in [0.2, 0.25) is 0 Å². The zero-order chi connectivity index (χ0) is 19.0. The Labute approximate surface area is 156 Å². The molecule has 1 fully saturated rings. The van der Waals surface area contributed by atoms with Crippen molar-refractivity contribution < 1.29 is 14.4 Å². The zero-order valence-corrected chi connectivity index (χ0v) is 15.2. The number of hydrogen-bond acceptors (Lipinski definition) is 6. The van der Waals surface area contributed by atoms with Crippen LogP contribution in [-0.4, -0.2) is 55.0 Å². The van der Waals surface area contributed by atoms with E-state index in [9.17, 15) is 9.90 Å². The SMILES string of the molecule is Cc1c(-c2cc(C(=O)N3C[C@@H](Cc4ccccn4)[C@H](O)C3)no2)cnn1C. The average Bonchev–Trinajstić information content (AvgIpc) is 3.37. The number of amides is 1. The Morgan fingerprint density at radius 1 is 1.37 bits per heavy atom. The Hall–Kier alpha value is -3.00. The largest absolute Gasteiger partial charge is 0.391 e. The fraction of sp³-hybridized carbons (Fsp3) is 0.368. The molecule has 1 aliphatic rings. The predicted octanol–water partition coefficient (Wildman–Crippen LogP) is 1.45. The van der Waals surface area contributed by atoms with Gasteiger partial charge in [0.15, 0.2) is 11.5 Å². The van der Waals surface area contributed by atoms with E-state index in [1.807, 2.05) is 32.2 Å². The summed E-state index contributed by atoms with van der Waals surface area (Å²) in [5.74, 6) is 0.221. The first-order valence-electron chi connectivity index (χ1n) is 8.86. The van der Waals surface area contributed by atoms with E-state index in [0.717, 1.165) is 17.0 Å². The van der Waals surface area contributed by atoms with Gasteiger partial charge in [0, 0.05) is 49.7 Å². The van der Waals surface area contributed by atoms with Crippen LogP contribution in [0.1, 0.15) is 21.9 Å². The summed E-state index contributed by atoms with van der Waals surface area (Å²) in [7, 11) is 1.84. The lowest BCUT2D eigenvalue weighted by Crippen LogP contribution is -2.29. The number of pyridine rings is 1. The molecule has 1 N–H and O–H groups in total. The van der Waals surface area contributed by atoms with Crippen LogP contribution in [-0.2, 0) is 13.5 Å². The maximum Gasteiger partial charge on any atom is 0.276 e. The van der Waals surface area contributed by atoms with Crippen molar-refractivity contribution >= 4 is 5.91 Å². The summed E-state index contributed by atoms with van der Waals surface area (Å²) >= 11 is 0. The normalized spacial score (nSPS) is 19.6. The van der Waals surface area contributed by atoms with E-state index >= 15 is 0 Å². The van der Waals surface area contributed by atoms with Crippen molar-refractivity contribution in [2.45, 2.75) is 19.4 Å². The lowest BCUT2D eigenvalue weighted by molar-refractivity contribution is 0.0754. The van der Waals surface area contributed by atoms with Gasteiger partial charge in [-0.3, -0.25) is 14.5 Å². The van der Waals surface area contributed by atoms with E-state index in [1.54, 1.807) is 28.0 Å². The van der Waals surface area contributed by atoms with Gasteiger partial charge < -0.3 is 14.5 Å². The van der Waals surface area contributed by atoms with Crippen LogP contribution in [0.25, 0.3) is 11.3 Å². The molecule has 27 heavy (non-hydrogen) atoms. The van der Waals surface area contributed by atoms with Crippen molar-refractivity contribution in [3.63, 3.8) is 0 Å². The predicted molar refractivity (Wildman–Crippen MR) is 96.8 cm³/mol. The van der Waals surface area contributed by atoms with E-state index < -0.39 is 6.10 Å². The highest BCUT2D eigenvalue weighted by molar-refractivity contribution is 5.93. The summed E-state index contributed by atoms with van der Waals surface area (Å²) in [6, 6.07) is 7.34. The number of hydrogen-bond donors (Lipinski definition) is 1. The highest BCUT2D eigenvalue weighted by Crippen LogP contribution is 2.26. The van der Waals surface area contributed by atoms with Gasteiger partial charge in [0.2, 0.25) is 0 Å². The van der Waals surface area contributed by atoms with Crippen LogP contribution in [0, 0.1) is 12.8 Å². The molecule has 3 aromatic rings. The first-order chi connectivity index (χ1) is 13.0. The lowest BCUT2D eigenvalue weighted by atomic mass is 10.00. The second kappa shape index (κ2) is 6.96. The fourth-order valence-electron chi connectivity index (χ4n) is 3.41. The second-order valence-electron chi connectivity index (χ2n) is 6.91. The molecular formula is C19H21N5O3. The average molecular weight is 367 g/mol. The summed E-state index contributed by atoms with van der Waals surface area (Å²) in [5, 5.41) is 18.5. The summed E-state index contributed by atoms with van der Waals surface area (Å²) in [4.78, 5) is 18.7. The van der Waals surface area contributed by atoms with Crippen molar-refractivity contribution in [2.75, 3.05) is 13.1 Å². The van der Waals surface area contributed by atoms with Gasteiger partial charge in [-0.25, -0.2) is 0 Å². The standard InChI is InChI=1S/C19H21N5O3/c1-12-15(9-21-23(12)2)18-8-16(22-27-18)19(26)24-10-13(17(25)11-24)7-14-5-3-4-6-20-14/h3-6,8-9,13,17,25H,7,10-11H2,1-2H3/t13-,17-/m1/s1. The summed E-state index contributed by atoms with van der Waals surface area (Å²) in [6.07, 6.45) is 3.47. The van der Waals surface area contributed by atoms with Gasteiger partial charge in [0.05, 0.1) is 17.9 Å². The van der Waals surface area contributed by atoms with Gasteiger partial charge in [0.1, 0.15) is 0 Å². The third-order valence-corrected chi connectivity index (χ3v) is 5.12. The van der Waals surface area contributed by atoms with Crippen molar-refractivity contribution in [3.05, 3.63) is 53.7 Å². The molecule has 0 unspecified atom stereocenters. The number of nitrogens with zero attached hydrogens (tertiary/aromatic N) is 5. The molecule has 4 heterocycles. The van der Waals surface area contributed by atoms with Crippen LogP contribution < -0.4 is 0 Å².